The highest BCUT2D eigenvalue weighted by Crippen LogP contribution is 2.30. The Labute approximate surface area is 132 Å². The van der Waals surface area contributed by atoms with E-state index in [-0.39, 0.29) is 5.91 Å². The fourth-order valence-electron chi connectivity index (χ4n) is 2.56. The van der Waals surface area contributed by atoms with Gasteiger partial charge in [-0.1, -0.05) is 17.7 Å². The van der Waals surface area contributed by atoms with Crippen LogP contribution in [0, 0.1) is 6.92 Å². The maximum absolute atomic E-state index is 11.9. The van der Waals surface area contributed by atoms with E-state index in [9.17, 15) is 4.79 Å². The zero-order valence-corrected chi connectivity index (χ0v) is 13.3. The Kier molecular flexibility index (Phi) is 4.12. The molecule has 1 N–H and O–H groups in total. The molecule has 110 valence electrons. The fraction of sp³-hybridized carbons (Fsp3) is 0.333. The van der Waals surface area contributed by atoms with Gasteiger partial charge in [0.1, 0.15) is 0 Å². The van der Waals surface area contributed by atoms with Crippen molar-refractivity contribution in [3.8, 4) is 0 Å². The molecule has 1 aromatic carbocycles. The molecular formula is C15H16ClN3OS. The molecule has 0 atom stereocenters. The molecule has 2 aromatic rings. The molecule has 0 radical (unpaired) electrons. The van der Waals surface area contributed by atoms with Gasteiger partial charge in [0.15, 0.2) is 4.47 Å². The lowest BCUT2D eigenvalue weighted by Crippen LogP contribution is -2.24. The highest BCUT2D eigenvalue weighted by molar-refractivity contribution is 7.15. The molecule has 3 rings (SSSR count). The summed E-state index contributed by atoms with van der Waals surface area (Å²) >= 11 is 7.31. The smallest absolute Gasteiger partial charge is 0.227 e. The van der Waals surface area contributed by atoms with Crippen molar-refractivity contribution >= 4 is 40.2 Å². The van der Waals surface area contributed by atoms with E-state index in [1.165, 1.54) is 11.3 Å². The minimum atomic E-state index is 0.212. The van der Waals surface area contributed by atoms with Crippen LogP contribution in [-0.2, 0) is 11.3 Å². The number of carbonyl (C=O) groups is 1. The number of thiazole rings is 1. The van der Waals surface area contributed by atoms with Gasteiger partial charge in [0.25, 0.3) is 0 Å². The second-order valence-corrected chi connectivity index (χ2v) is 6.73. The van der Waals surface area contributed by atoms with Crippen molar-refractivity contribution < 1.29 is 4.79 Å². The number of aromatic nitrogens is 1. The number of anilines is 2. The summed E-state index contributed by atoms with van der Waals surface area (Å²) in [7, 11) is 0. The third kappa shape index (κ3) is 3.04. The summed E-state index contributed by atoms with van der Waals surface area (Å²) in [5.74, 6) is 0.212. The van der Waals surface area contributed by atoms with E-state index < -0.39 is 0 Å². The van der Waals surface area contributed by atoms with E-state index in [0.717, 1.165) is 34.8 Å². The van der Waals surface area contributed by atoms with Gasteiger partial charge in [-0.15, -0.1) is 11.3 Å². The van der Waals surface area contributed by atoms with Crippen molar-refractivity contribution in [1.82, 2.24) is 4.98 Å². The molecule has 4 nitrogen and oxygen atoms in total. The van der Waals surface area contributed by atoms with Crippen molar-refractivity contribution in [2.45, 2.75) is 26.3 Å². The lowest BCUT2D eigenvalue weighted by molar-refractivity contribution is -0.117. The number of carbonyl (C=O) groups excluding carboxylic acids is 1. The molecule has 1 saturated heterocycles. The Morgan fingerprint density at radius 3 is 3.00 bits per heavy atom. The topological polar surface area (TPSA) is 45.2 Å². The molecule has 0 aliphatic carbocycles. The van der Waals surface area contributed by atoms with Crippen molar-refractivity contribution in [3.63, 3.8) is 0 Å². The zero-order valence-electron chi connectivity index (χ0n) is 11.7. The van der Waals surface area contributed by atoms with E-state index in [1.807, 2.05) is 30.0 Å². The average Bonchev–Trinajstić information content (AvgIpc) is 3.07. The zero-order chi connectivity index (χ0) is 14.8. The number of benzene rings is 1. The minimum Gasteiger partial charge on any atom is -0.380 e. The minimum absolute atomic E-state index is 0.212. The van der Waals surface area contributed by atoms with Gasteiger partial charge in [-0.05, 0) is 31.0 Å². The SMILES string of the molecule is Cc1c(NCc2cnc(Cl)s2)cccc1N1CCCC1=O. The summed E-state index contributed by atoms with van der Waals surface area (Å²) in [6.45, 7) is 3.54. The molecule has 1 aromatic heterocycles. The molecule has 1 amide bonds. The first-order chi connectivity index (χ1) is 10.1. The maximum Gasteiger partial charge on any atom is 0.227 e. The van der Waals surface area contributed by atoms with Gasteiger partial charge in [-0.25, -0.2) is 4.98 Å². The van der Waals surface area contributed by atoms with Gasteiger partial charge in [0.05, 0.1) is 6.54 Å². The van der Waals surface area contributed by atoms with E-state index in [2.05, 4.69) is 10.3 Å². The summed E-state index contributed by atoms with van der Waals surface area (Å²) in [5, 5.41) is 3.40. The van der Waals surface area contributed by atoms with Crippen LogP contribution in [0.1, 0.15) is 23.3 Å². The van der Waals surface area contributed by atoms with E-state index in [4.69, 9.17) is 11.6 Å². The fourth-order valence-corrected chi connectivity index (χ4v) is 3.48. The number of hydrogen-bond donors (Lipinski definition) is 1. The summed E-state index contributed by atoms with van der Waals surface area (Å²) in [6.07, 6.45) is 3.37. The van der Waals surface area contributed by atoms with Crippen LogP contribution in [0.2, 0.25) is 4.47 Å². The third-order valence-corrected chi connectivity index (χ3v) is 4.76. The molecule has 1 aliphatic heterocycles. The number of halogens is 1. The van der Waals surface area contributed by atoms with Gasteiger partial charge >= 0.3 is 0 Å². The number of hydrogen-bond acceptors (Lipinski definition) is 4. The van der Waals surface area contributed by atoms with E-state index in [1.54, 1.807) is 6.20 Å². The molecule has 6 heteroatoms. The van der Waals surface area contributed by atoms with Gasteiger partial charge in [-0.3, -0.25) is 4.79 Å². The molecule has 0 spiro atoms. The monoisotopic (exact) mass is 321 g/mol. The normalized spacial score (nSPS) is 14.8. The highest BCUT2D eigenvalue weighted by atomic mass is 35.5. The Bertz CT molecular complexity index is 671. The van der Waals surface area contributed by atoms with Crippen LogP contribution < -0.4 is 10.2 Å². The highest BCUT2D eigenvalue weighted by Gasteiger charge is 2.23. The lowest BCUT2D eigenvalue weighted by atomic mass is 10.1. The Hall–Kier alpha value is -1.59. The first-order valence-electron chi connectivity index (χ1n) is 6.89. The Balaban J connectivity index is 1.78. The second-order valence-electron chi connectivity index (χ2n) is 5.03. The van der Waals surface area contributed by atoms with Gasteiger partial charge in [-0.2, -0.15) is 0 Å². The molecule has 2 heterocycles. The van der Waals surface area contributed by atoms with Crippen LogP contribution in [0.3, 0.4) is 0 Å². The van der Waals surface area contributed by atoms with Crippen LogP contribution in [0.15, 0.2) is 24.4 Å². The molecule has 0 saturated carbocycles. The average molecular weight is 322 g/mol. The van der Waals surface area contributed by atoms with Crippen molar-refractivity contribution in [1.29, 1.82) is 0 Å². The Morgan fingerprint density at radius 1 is 1.48 bits per heavy atom. The maximum atomic E-state index is 11.9. The quantitative estimate of drug-likeness (QED) is 0.930. The number of rotatable bonds is 4. The third-order valence-electron chi connectivity index (χ3n) is 3.65. The molecule has 0 unspecified atom stereocenters. The molecular weight excluding hydrogens is 306 g/mol. The Morgan fingerprint density at radius 2 is 2.33 bits per heavy atom. The molecule has 1 fully saturated rings. The molecule has 0 bridgehead atoms. The van der Waals surface area contributed by atoms with Gasteiger partial charge < -0.3 is 10.2 Å². The molecule has 1 aliphatic rings. The predicted molar refractivity (Wildman–Crippen MR) is 87.2 cm³/mol. The first kappa shape index (κ1) is 14.4. The summed E-state index contributed by atoms with van der Waals surface area (Å²) in [6, 6.07) is 6.02. The first-order valence-corrected chi connectivity index (χ1v) is 8.08. The van der Waals surface area contributed by atoms with Crippen LogP contribution in [0.5, 0.6) is 0 Å². The van der Waals surface area contributed by atoms with Crippen LogP contribution in [0.25, 0.3) is 0 Å². The molecule has 21 heavy (non-hydrogen) atoms. The summed E-state index contributed by atoms with van der Waals surface area (Å²) in [4.78, 5) is 18.9. The van der Waals surface area contributed by atoms with Crippen molar-refractivity contribution in [2.75, 3.05) is 16.8 Å². The number of amides is 1. The van der Waals surface area contributed by atoms with E-state index >= 15 is 0 Å². The van der Waals surface area contributed by atoms with Gasteiger partial charge in [0, 0.05) is 35.4 Å². The predicted octanol–water partition coefficient (Wildman–Crippen LogP) is 3.84. The van der Waals surface area contributed by atoms with Crippen LogP contribution in [-0.4, -0.2) is 17.4 Å². The standard InChI is InChI=1S/C15H16ClN3OS/c1-10-12(17-8-11-9-18-15(16)21-11)4-2-5-13(10)19-7-3-6-14(19)20/h2,4-5,9,17H,3,6-8H2,1H3. The lowest BCUT2D eigenvalue weighted by Gasteiger charge is -2.20. The van der Waals surface area contributed by atoms with Crippen molar-refractivity contribution in [3.05, 3.63) is 39.3 Å². The largest absolute Gasteiger partial charge is 0.380 e. The van der Waals surface area contributed by atoms with Crippen LogP contribution >= 0.6 is 22.9 Å². The van der Waals surface area contributed by atoms with Crippen molar-refractivity contribution in [2.24, 2.45) is 0 Å². The van der Waals surface area contributed by atoms with Crippen LogP contribution in [0.4, 0.5) is 11.4 Å². The number of nitrogens with zero attached hydrogens (tertiary/aromatic N) is 2. The van der Waals surface area contributed by atoms with E-state index in [0.29, 0.717) is 17.4 Å². The second kappa shape index (κ2) is 6.03. The number of nitrogens with one attached hydrogen (secondary N) is 1. The van der Waals surface area contributed by atoms with Gasteiger partial charge in [0.2, 0.25) is 5.91 Å². The summed E-state index contributed by atoms with van der Waals surface area (Å²) in [5.41, 5.74) is 3.14. The summed E-state index contributed by atoms with van der Waals surface area (Å²) < 4.78 is 0.555.